The van der Waals surface area contributed by atoms with Crippen LogP contribution in [0, 0.1) is 0 Å². The summed E-state index contributed by atoms with van der Waals surface area (Å²) < 4.78 is 7.07. The van der Waals surface area contributed by atoms with Gasteiger partial charge in [0.25, 0.3) is 0 Å². The van der Waals surface area contributed by atoms with Gasteiger partial charge in [0, 0.05) is 18.9 Å². The molecule has 17 heavy (non-hydrogen) atoms. The largest absolute Gasteiger partial charge is 0.495 e. The summed E-state index contributed by atoms with van der Waals surface area (Å²) in [7, 11) is 3.56. The third kappa shape index (κ3) is 2.71. The lowest BCUT2D eigenvalue weighted by molar-refractivity contribution is 0.415. The third-order valence-corrected chi connectivity index (χ3v) is 2.84. The Morgan fingerprint density at radius 3 is 2.88 bits per heavy atom. The molecule has 0 saturated heterocycles. The second kappa shape index (κ2) is 5.10. The molecule has 0 aliphatic carbocycles. The van der Waals surface area contributed by atoms with Crippen molar-refractivity contribution in [3.05, 3.63) is 41.4 Å². The summed E-state index contributed by atoms with van der Waals surface area (Å²) in [5.41, 5.74) is 2.06. The first-order valence-corrected chi connectivity index (χ1v) is 5.61. The molecule has 90 valence electrons. The maximum absolute atomic E-state index is 6.04. The van der Waals surface area contributed by atoms with Gasteiger partial charge in [-0.05, 0) is 18.2 Å². The van der Waals surface area contributed by atoms with Gasteiger partial charge in [-0.1, -0.05) is 11.6 Å². The summed E-state index contributed by atoms with van der Waals surface area (Å²) in [6, 6.07) is 5.62. The van der Waals surface area contributed by atoms with Crippen LogP contribution in [0.4, 0.5) is 5.69 Å². The molecule has 0 radical (unpaired) electrons. The molecule has 0 aliphatic heterocycles. The van der Waals surface area contributed by atoms with Crippen LogP contribution in [0.15, 0.2) is 30.7 Å². The minimum absolute atomic E-state index is 0.600. The van der Waals surface area contributed by atoms with Crippen LogP contribution in [0.25, 0.3) is 0 Å². The zero-order valence-electron chi connectivity index (χ0n) is 9.77. The van der Waals surface area contributed by atoms with Crippen LogP contribution in [0.1, 0.15) is 5.69 Å². The van der Waals surface area contributed by atoms with Crippen molar-refractivity contribution in [1.82, 2.24) is 9.55 Å². The second-order valence-electron chi connectivity index (χ2n) is 3.70. The van der Waals surface area contributed by atoms with E-state index in [1.54, 1.807) is 13.4 Å². The number of rotatable bonds is 4. The van der Waals surface area contributed by atoms with Crippen LogP contribution in [-0.4, -0.2) is 16.7 Å². The Kier molecular flexibility index (Phi) is 3.54. The van der Waals surface area contributed by atoms with Crippen molar-refractivity contribution >= 4 is 17.3 Å². The van der Waals surface area contributed by atoms with E-state index in [1.807, 2.05) is 36.0 Å². The number of imidazole rings is 1. The number of nitrogens with zero attached hydrogens (tertiary/aromatic N) is 2. The molecule has 0 saturated carbocycles. The van der Waals surface area contributed by atoms with Gasteiger partial charge in [-0.25, -0.2) is 4.98 Å². The number of anilines is 1. The summed E-state index contributed by atoms with van der Waals surface area (Å²) in [6.07, 6.45) is 3.61. The molecule has 4 nitrogen and oxygen atoms in total. The van der Waals surface area contributed by atoms with Crippen LogP contribution in [0.2, 0.25) is 5.02 Å². The molecular formula is C12H14ClN3O. The zero-order valence-corrected chi connectivity index (χ0v) is 10.5. The van der Waals surface area contributed by atoms with E-state index in [2.05, 4.69) is 10.3 Å². The molecule has 0 fully saturated rings. The number of halogens is 1. The smallest absolute Gasteiger partial charge is 0.137 e. The van der Waals surface area contributed by atoms with Crippen molar-refractivity contribution in [1.29, 1.82) is 0 Å². The Morgan fingerprint density at radius 2 is 2.29 bits per heavy atom. The highest BCUT2D eigenvalue weighted by Gasteiger charge is 2.02. The zero-order chi connectivity index (χ0) is 12.3. The second-order valence-corrected chi connectivity index (χ2v) is 4.11. The normalized spacial score (nSPS) is 10.3. The molecule has 1 aromatic heterocycles. The van der Waals surface area contributed by atoms with E-state index in [0.29, 0.717) is 17.3 Å². The molecular weight excluding hydrogens is 238 g/mol. The molecule has 5 heteroatoms. The van der Waals surface area contributed by atoms with Gasteiger partial charge in [-0.3, -0.25) is 0 Å². The van der Waals surface area contributed by atoms with E-state index in [4.69, 9.17) is 16.3 Å². The van der Waals surface area contributed by atoms with Crippen LogP contribution in [-0.2, 0) is 13.6 Å². The molecule has 0 amide bonds. The highest BCUT2D eigenvalue weighted by Crippen LogP contribution is 2.27. The molecule has 0 spiro atoms. The summed E-state index contributed by atoms with van der Waals surface area (Å²) in [6.45, 7) is 0.707. The minimum Gasteiger partial charge on any atom is -0.495 e. The van der Waals surface area contributed by atoms with E-state index in [-0.39, 0.29) is 0 Å². The Bertz CT molecular complexity index is 510. The number of hydrogen-bond donors (Lipinski definition) is 1. The average Bonchev–Trinajstić information content (AvgIpc) is 2.72. The van der Waals surface area contributed by atoms with Crippen molar-refractivity contribution in [3.8, 4) is 5.75 Å². The van der Waals surface area contributed by atoms with Crippen LogP contribution in [0.3, 0.4) is 0 Å². The van der Waals surface area contributed by atoms with Crippen LogP contribution in [0.5, 0.6) is 5.75 Å². The monoisotopic (exact) mass is 251 g/mol. The third-order valence-electron chi connectivity index (χ3n) is 2.54. The van der Waals surface area contributed by atoms with Crippen molar-refractivity contribution < 1.29 is 4.74 Å². The maximum atomic E-state index is 6.04. The summed E-state index contributed by atoms with van der Waals surface area (Å²) >= 11 is 6.04. The number of methoxy groups -OCH3 is 1. The molecule has 0 aliphatic rings. The van der Waals surface area contributed by atoms with E-state index >= 15 is 0 Å². The standard InChI is InChI=1S/C12H14ClN3O/c1-16-8-14-6-10(16)7-15-9-3-4-12(17-2)11(13)5-9/h3-6,8,15H,7H2,1-2H3. The average molecular weight is 252 g/mol. The molecule has 0 atom stereocenters. The fourth-order valence-corrected chi connectivity index (χ4v) is 1.78. The van der Waals surface area contributed by atoms with Crippen LogP contribution >= 0.6 is 11.6 Å². The first kappa shape index (κ1) is 11.8. The van der Waals surface area contributed by atoms with Gasteiger partial charge in [0.05, 0.1) is 30.7 Å². The van der Waals surface area contributed by atoms with Crippen molar-refractivity contribution in [2.45, 2.75) is 6.54 Å². The number of nitrogens with one attached hydrogen (secondary N) is 1. The summed E-state index contributed by atoms with van der Waals surface area (Å²) in [5, 5.41) is 3.88. The van der Waals surface area contributed by atoms with Crippen LogP contribution < -0.4 is 10.1 Å². The predicted molar refractivity (Wildman–Crippen MR) is 68.5 cm³/mol. The van der Waals surface area contributed by atoms with Gasteiger partial charge in [0.2, 0.25) is 0 Å². The highest BCUT2D eigenvalue weighted by atomic mass is 35.5. The van der Waals surface area contributed by atoms with E-state index < -0.39 is 0 Å². The number of aryl methyl sites for hydroxylation is 1. The van der Waals surface area contributed by atoms with Crippen molar-refractivity contribution in [2.75, 3.05) is 12.4 Å². The molecule has 2 aromatic rings. The van der Waals surface area contributed by atoms with Gasteiger partial charge in [-0.15, -0.1) is 0 Å². The Balaban J connectivity index is 2.05. The number of hydrogen-bond acceptors (Lipinski definition) is 3. The summed E-state index contributed by atoms with van der Waals surface area (Å²) in [4.78, 5) is 4.06. The molecule has 1 aromatic carbocycles. The van der Waals surface area contributed by atoms with Crippen molar-refractivity contribution in [3.63, 3.8) is 0 Å². The number of aromatic nitrogens is 2. The van der Waals surface area contributed by atoms with E-state index in [1.165, 1.54) is 0 Å². The predicted octanol–water partition coefficient (Wildman–Crippen LogP) is 2.69. The lowest BCUT2D eigenvalue weighted by Crippen LogP contribution is -2.03. The molecule has 1 N–H and O–H groups in total. The fourth-order valence-electron chi connectivity index (χ4n) is 1.52. The van der Waals surface area contributed by atoms with Gasteiger partial charge in [0.15, 0.2) is 0 Å². The van der Waals surface area contributed by atoms with Gasteiger partial charge >= 0.3 is 0 Å². The Hall–Kier alpha value is -1.68. The van der Waals surface area contributed by atoms with Gasteiger partial charge in [-0.2, -0.15) is 0 Å². The van der Waals surface area contributed by atoms with Crippen molar-refractivity contribution in [2.24, 2.45) is 7.05 Å². The SMILES string of the molecule is COc1ccc(NCc2cncn2C)cc1Cl. The lowest BCUT2D eigenvalue weighted by atomic mass is 10.3. The molecule has 0 unspecified atom stereocenters. The highest BCUT2D eigenvalue weighted by molar-refractivity contribution is 6.32. The van der Waals surface area contributed by atoms with Gasteiger partial charge < -0.3 is 14.6 Å². The van der Waals surface area contributed by atoms with E-state index in [0.717, 1.165) is 11.4 Å². The minimum atomic E-state index is 0.600. The van der Waals surface area contributed by atoms with E-state index in [9.17, 15) is 0 Å². The first-order valence-electron chi connectivity index (χ1n) is 5.23. The first-order chi connectivity index (χ1) is 8.20. The maximum Gasteiger partial charge on any atom is 0.137 e. The molecule has 1 heterocycles. The van der Waals surface area contributed by atoms with Gasteiger partial charge in [0.1, 0.15) is 5.75 Å². The Labute approximate surface area is 105 Å². The Morgan fingerprint density at radius 1 is 1.47 bits per heavy atom. The topological polar surface area (TPSA) is 39.1 Å². The number of ether oxygens (including phenoxy) is 1. The number of benzene rings is 1. The molecule has 2 rings (SSSR count). The quantitative estimate of drug-likeness (QED) is 0.908. The molecule has 0 bridgehead atoms. The fraction of sp³-hybridized carbons (Fsp3) is 0.250. The lowest BCUT2D eigenvalue weighted by Gasteiger charge is -2.09. The summed E-state index contributed by atoms with van der Waals surface area (Å²) in [5.74, 6) is 0.678.